The summed E-state index contributed by atoms with van der Waals surface area (Å²) in [5, 5.41) is 8.95. The molecule has 2 N–H and O–H groups in total. The molecule has 0 radical (unpaired) electrons. The van der Waals surface area contributed by atoms with E-state index in [2.05, 4.69) is 20.8 Å². The Bertz CT molecular complexity index is 1210. The highest BCUT2D eigenvalue weighted by Gasteiger charge is 2.36. The Balaban J connectivity index is 1.43. The number of hydrogen-bond acceptors (Lipinski definition) is 10. The molecule has 0 aromatic carbocycles. The smallest absolute Gasteiger partial charge is 0.338 e. The molecule has 1 aliphatic heterocycles. The van der Waals surface area contributed by atoms with Gasteiger partial charge in [-0.25, -0.2) is 9.59 Å². The zero-order chi connectivity index (χ0) is 24.1. The van der Waals surface area contributed by atoms with Crippen molar-refractivity contribution in [2.24, 2.45) is 0 Å². The molecule has 2 amide bonds. The summed E-state index contributed by atoms with van der Waals surface area (Å²) in [6.45, 7) is 3.17. The number of esters is 2. The number of ether oxygens (including phenoxy) is 2. The standard InChI is InChI=1S/C22H22N4O8/c1-3-30-21(28)18-13(23-22(29)25-19(18)14-7-6-12(2)33-14)11-32-17(27)9-8-16-24-20(26-34-16)15-5-4-10-31-15/h4-7,10,19H,3,8-9,11H2,1-2H3,(H2,23,25,29). The van der Waals surface area contributed by atoms with Crippen LogP contribution in [0.3, 0.4) is 0 Å². The second-order valence-electron chi connectivity index (χ2n) is 7.24. The van der Waals surface area contributed by atoms with E-state index in [1.807, 2.05) is 0 Å². The summed E-state index contributed by atoms with van der Waals surface area (Å²) in [7, 11) is 0. The van der Waals surface area contributed by atoms with E-state index in [4.69, 9.17) is 22.8 Å². The molecule has 3 aromatic rings. The molecule has 4 heterocycles. The molecule has 12 nitrogen and oxygen atoms in total. The van der Waals surface area contributed by atoms with Crippen LogP contribution in [0.1, 0.15) is 36.8 Å². The number of rotatable bonds is 9. The van der Waals surface area contributed by atoms with Crippen LogP contribution in [0.25, 0.3) is 11.6 Å². The molecule has 0 spiro atoms. The molecular formula is C22H22N4O8. The number of nitrogens with zero attached hydrogens (tertiary/aromatic N) is 2. The van der Waals surface area contributed by atoms with Crippen LogP contribution in [0.2, 0.25) is 0 Å². The van der Waals surface area contributed by atoms with Gasteiger partial charge in [0.15, 0.2) is 5.76 Å². The summed E-state index contributed by atoms with van der Waals surface area (Å²) >= 11 is 0. The molecular weight excluding hydrogens is 448 g/mol. The van der Waals surface area contributed by atoms with Crippen LogP contribution < -0.4 is 10.6 Å². The molecule has 34 heavy (non-hydrogen) atoms. The third-order valence-electron chi connectivity index (χ3n) is 4.82. The first-order valence-corrected chi connectivity index (χ1v) is 10.5. The Morgan fingerprint density at radius 2 is 2.06 bits per heavy atom. The molecule has 3 aromatic heterocycles. The Labute approximate surface area is 193 Å². The van der Waals surface area contributed by atoms with Crippen molar-refractivity contribution in [2.45, 2.75) is 32.7 Å². The Morgan fingerprint density at radius 1 is 1.21 bits per heavy atom. The van der Waals surface area contributed by atoms with Gasteiger partial charge in [0.05, 0.1) is 30.6 Å². The van der Waals surface area contributed by atoms with Crippen LogP contribution in [-0.2, 0) is 25.5 Å². The number of nitrogens with one attached hydrogen (secondary N) is 2. The highest BCUT2D eigenvalue weighted by molar-refractivity contribution is 5.95. The third-order valence-corrected chi connectivity index (χ3v) is 4.82. The zero-order valence-electron chi connectivity index (χ0n) is 18.5. The third kappa shape index (κ3) is 5.17. The molecule has 0 aliphatic carbocycles. The minimum Gasteiger partial charge on any atom is -0.464 e. The summed E-state index contributed by atoms with van der Waals surface area (Å²) in [5.74, 6) is 0.646. The van der Waals surface area contributed by atoms with Gasteiger partial charge in [-0.1, -0.05) is 5.16 Å². The number of aryl methyl sites for hydroxylation is 2. The van der Waals surface area contributed by atoms with Gasteiger partial charge in [0.2, 0.25) is 11.7 Å². The van der Waals surface area contributed by atoms with E-state index in [9.17, 15) is 14.4 Å². The van der Waals surface area contributed by atoms with Crippen LogP contribution in [0.5, 0.6) is 0 Å². The second-order valence-corrected chi connectivity index (χ2v) is 7.24. The summed E-state index contributed by atoms with van der Waals surface area (Å²) in [4.78, 5) is 41.4. The van der Waals surface area contributed by atoms with Crippen molar-refractivity contribution in [3.63, 3.8) is 0 Å². The van der Waals surface area contributed by atoms with E-state index in [1.165, 1.54) is 6.26 Å². The molecule has 4 rings (SSSR count). The molecule has 0 fully saturated rings. The van der Waals surface area contributed by atoms with Gasteiger partial charge in [-0.2, -0.15) is 4.98 Å². The normalized spacial score (nSPS) is 15.6. The lowest BCUT2D eigenvalue weighted by atomic mass is 10.0. The molecule has 0 saturated heterocycles. The van der Waals surface area contributed by atoms with E-state index >= 15 is 0 Å². The van der Waals surface area contributed by atoms with Crippen molar-refractivity contribution < 1.29 is 37.2 Å². The first kappa shape index (κ1) is 22.8. The first-order chi connectivity index (χ1) is 16.4. The van der Waals surface area contributed by atoms with E-state index in [0.29, 0.717) is 17.3 Å². The van der Waals surface area contributed by atoms with Gasteiger partial charge in [0.25, 0.3) is 0 Å². The fourth-order valence-electron chi connectivity index (χ4n) is 3.30. The predicted octanol–water partition coefficient (Wildman–Crippen LogP) is 2.58. The Morgan fingerprint density at radius 3 is 2.76 bits per heavy atom. The number of urea groups is 1. The van der Waals surface area contributed by atoms with Gasteiger partial charge in [-0.05, 0) is 38.1 Å². The maximum Gasteiger partial charge on any atom is 0.338 e. The highest BCUT2D eigenvalue weighted by atomic mass is 16.5. The molecule has 12 heteroatoms. The summed E-state index contributed by atoms with van der Waals surface area (Å²) in [6, 6.07) is 5.26. The lowest BCUT2D eigenvalue weighted by Crippen LogP contribution is -2.47. The zero-order valence-corrected chi connectivity index (χ0v) is 18.5. The van der Waals surface area contributed by atoms with E-state index in [0.717, 1.165) is 0 Å². The predicted molar refractivity (Wildman–Crippen MR) is 113 cm³/mol. The van der Waals surface area contributed by atoms with Crippen molar-refractivity contribution in [1.82, 2.24) is 20.8 Å². The van der Waals surface area contributed by atoms with Crippen molar-refractivity contribution in [2.75, 3.05) is 13.2 Å². The largest absolute Gasteiger partial charge is 0.464 e. The van der Waals surface area contributed by atoms with Gasteiger partial charge in [0, 0.05) is 6.42 Å². The molecule has 178 valence electrons. The van der Waals surface area contributed by atoms with Crippen LogP contribution in [0, 0.1) is 6.92 Å². The van der Waals surface area contributed by atoms with Crippen molar-refractivity contribution >= 4 is 18.0 Å². The van der Waals surface area contributed by atoms with Crippen LogP contribution >= 0.6 is 0 Å². The first-order valence-electron chi connectivity index (χ1n) is 10.5. The maximum absolute atomic E-state index is 12.7. The van der Waals surface area contributed by atoms with Crippen LogP contribution in [0.4, 0.5) is 4.79 Å². The summed E-state index contributed by atoms with van der Waals surface area (Å²) in [5.41, 5.74) is 0.191. The SMILES string of the molecule is CCOC(=O)C1=C(COC(=O)CCc2nc(-c3ccco3)no2)NC(=O)NC1c1ccc(C)o1. The van der Waals surface area contributed by atoms with Gasteiger partial charge in [-0.15, -0.1) is 0 Å². The van der Waals surface area contributed by atoms with E-state index < -0.39 is 24.0 Å². The van der Waals surface area contributed by atoms with Crippen LogP contribution in [0.15, 0.2) is 55.2 Å². The average Bonchev–Trinajstić information content (AvgIpc) is 3.57. The van der Waals surface area contributed by atoms with E-state index in [-0.39, 0.29) is 49.0 Å². The Hall–Kier alpha value is -4.35. The molecule has 1 unspecified atom stereocenters. The second kappa shape index (κ2) is 10.1. The quantitative estimate of drug-likeness (QED) is 0.445. The molecule has 1 atom stereocenters. The minimum atomic E-state index is -0.895. The number of amides is 2. The fourth-order valence-corrected chi connectivity index (χ4v) is 3.30. The van der Waals surface area contributed by atoms with Gasteiger partial charge in [-0.3, -0.25) is 4.79 Å². The van der Waals surface area contributed by atoms with Gasteiger partial charge >= 0.3 is 18.0 Å². The number of carbonyl (C=O) groups excluding carboxylic acids is 3. The minimum absolute atomic E-state index is 0.0607. The van der Waals surface area contributed by atoms with Crippen LogP contribution in [-0.4, -0.2) is 41.3 Å². The number of carbonyl (C=O) groups is 3. The summed E-state index contributed by atoms with van der Waals surface area (Å²) < 4.78 is 26.3. The van der Waals surface area contributed by atoms with E-state index in [1.54, 1.807) is 38.1 Å². The highest BCUT2D eigenvalue weighted by Crippen LogP contribution is 2.29. The maximum atomic E-state index is 12.7. The number of hydrogen-bond donors (Lipinski definition) is 2. The fraction of sp³-hybridized carbons (Fsp3) is 0.318. The monoisotopic (exact) mass is 470 g/mol. The Kier molecular flexibility index (Phi) is 6.76. The van der Waals surface area contributed by atoms with Gasteiger partial charge < -0.3 is 33.5 Å². The van der Waals surface area contributed by atoms with Crippen molar-refractivity contribution in [3.8, 4) is 11.6 Å². The average molecular weight is 470 g/mol. The lowest BCUT2D eigenvalue weighted by molar-refractivity contribution is -0.143. The topological polar surface area (TPSA) is 159 Å². The summed E-state index contributed by atoms with van der Waals surface area (Å²) in [6.07, 6.45) is 1.56. The molecule has 0 saturated carbocycles. The van der Waals surface area contributed by atoms with Crippen molar-refractivity contribution in [3.05, 3.63) is 59.2 Å². The molecule has 0 bridgehead atoms. The number of furan rings is 2. The lowest BCUT2D eigenvalue weighted by Gasteiger charge is -2.27. The number of aromatic nitrogens is 2. The van der Waals surface area contributed by atoms with Crippen molar-refractivity contribution in [1.29, 1.82) is 0 Å². The van der Waals surface area contributed by atoms with Gasteiger partial charge in [0.1, 0.15) is 24.2 Å². The molecule has 1 aliphatic rings.